The van der Waals surface area contributed by atoms with Crippen molar-refractivity contribution in [2.45, 2.75) is 25.3 Å². The molecule has 0 fully saturated rings. The van der Waals surface area contributed by atoms with Crippen molar-refractivity contribution >= 4 is 28.6 Å². The van der Waals surface area contributed by atoms with Gasteiger partial charge in [0.1, 0.15) is 11.6 Å². The summed E-state index contributed by atoms with van der Waals surface area (Å²) in [6.07, 6.45) is 3.81. The van der Waals surface area contributed by atoms with Gasteiger partial charge in [-0.05, 0) is 43.0 Å². The van der Waals surface area contributed by atoms with Crippen LogP contribution in [0, 0.1) is 11.6 Å². The van der Waals surface area contributed by atoms with Crippen molar-refractivity contribution in [2.75, 3.05) is 6.54 Å². The standard InChI is InChI=1S/C22H19F2N5OS2/c1-12-15-6-7-31-18(15)22(2,13-9-25-28(3)10-13)11-29(12)21(30)20-27-26-19(32-20)16-5-4-14(23)8-17(16)24/h4-10,12H,11H2,1-3H3/t12-,22+/m1/s1. The summed E-state index contributed by atoms with van der Waals surface area (Å²) in [6.45, 7) is 4.56. The average molecular weight is 472 g/mol. The van der Waals surface area contributed by atoms with Gasteiger partial charge in [0, 0.05) is 47.3 Å². The van der Waals surface area contributed by atoms with Gasteiger partial charge in [-0.2, -0.15) is 5.10 Å². The van der Waals surface area contributed by atoms with Gasteiger partial charge in [0.05, 0.1) is 12.2 Å². The normalized spacial score (nSPS) is 20.4. The first-order valence-electron chi connectivity index (χ1n) is 9.95. The molecule has 1 aromatic carbocycles. The predicted molar refractivity (Wildman–Crippen MR) is 119 cm³/mol. The number of rotatable bonds is 3. The smallest absolute Gasteiger partial charge is 0.285 e. The Morgan fingerprint density at radius 1 is 1.25 bits per heavy atom. The van der Waals surface area contributed by atoms with Crippen molar-refractivity contribution in [3.05, 3.63) is 74.7 Å². The minimum Gasteiger partial charge on any atom is -0.328 e. The highest BCUT2D eigenvalue weighted by atomic mass is 32.1. The topological polar surface area (TPSA) is 63.9 Å². The summed E-state index contributed by atoms with van der Waals surface area (Å²) in [5.41, 5.74) is 1.82. The number of hydrogen-bond acceptors (Lipinski definition) is 6. The van der Waals surface area contributed by atoms with E-state index in [0.717, 1.165) is 34.6 Å². The summed E-state index contributed by atoms with van der Waals surface area (Å²) >= 11 is 2.68. The van der Waals surface area contributed by atoms with Gasteiger partial charge in [0.2, 0.25) is 5.01 Å². The first-order valence-corrected chi connectivity index (χ1v) is 11.6. The number of fused-ring (bicyclic) bond motifs is 1. The van der Waals surface area contributed by atoms with Crippen LogP contribution in [0.15, 0.2) is 42.0 Å². The van der Waals surface area contributed by atoms with Crippen LogP contribution in [0.25, 0.3) is 10.6 Å². The van der Waals surface area contributed by atoms with E-state index in [1.807, 2.05) is 31.7 Å². The molecule has 2 atom stereocenters. The molecule has 32 heavy (non-hydrogen) atoms. The van der Waals surface area contributed by atoms with Crippen LogP contribution >= 0.6 is 22.7 Å². The third kappa shape index (κ3) is 3.25. The van der Waals surface area contributed by atoms with E-state index < -0.39 is 17.0 Å². The summed E-state index contributed by atoms with van der Waals surface area (Å²) in [6, 6.07) is 5.16. The van der Waals surface area contributed by atoms with Gasteiger partial charge >= 0.3 is 0 Å². The fourth-order valence-corrected chi connectivity index (χ4v) is 6.19. The molecule has 1 aliphatic rings. The number of benzene rings is 1. The molecule has 1 aliphatic heterocycles. The van der Waals surface area contributed by atoms with E-state index in [1.165, 1.54) is 10.9 Å². The second-order valence-corrected chi connectivity index (χ2v) is 9.98. The molecule has 5 rings (SSSR count). The molecule has 0 aliphatic carbocycles. The number of aryl methyl sites for hydroxylation is 1. The molecule has 10 heteroatoms. The van der Waals surface area contributed by atoms with Crippen LogP contribution in [0.4, 0.5) is 8.78 Å². The van der Waals surface area contributed by atoms with Crippen molar-refractivity contribution in [3.8, 4) is 10.6 Å². The Hall–Kier alpha value is -2.98. The minimum atomic E-state index is -0.737. The Balaban J connectivity index is 1.51. The number of nitrogens with zero attached hydrogens (tertiary/aromatic N) is 5. The number of amides is 1. The molecule has 0 bridgehead atoms. The summed E-state index contributed by atoms with van der Waals surface area (Å²) in [4.78, 5) is 16.5. The second-order valence-electron chi connectivity index (χ2n) is 8.09. The molecule has 4 heterocycles. The highest BCUT2D eigenvalue weighted by Crippen LogP contribution is 2.46. The average Bonchev–Trinajstić information content (AvgIpc) is 3.51. The van der Waals surface area contributed by atoms with E-state index in [9.17, 15) is 13.6 Å². The Bertz CT molecular complexity index is 1330. The Labute approximate surface area is 191 Å². The largest absolute Gasteiger partial charge is 0.328 e. The molecule has 0 radical (unpaired) electrons. The first-order chi connectivity index (χ1) is 15.3. The molecular weight excluding hydrogens is 452 g/mol. The number of halogens is 2. The van der Waals surface area contributed by atoms with Crippen molar-refractivity contribution in [2.24, 2.45) is 7.05 Å². The molecule has 4 aromatic rings. The van der Waals surface area contributed by atoms with E-state index in [2.05, 4.69) is 28.3 Å². The SMILES string of the molecule is C[C@@H]1c2ccsc2[C@](C)(c2cnn(C)c2)CN1C(=O)c1nnc(-c2ccc(F)cc2F)s1. The summed E-state index contributed by atoms with van der Waals surface area (Å²) in [5.74, 6) is -1.68. The fraction of sp³-hybridized carbons (Fsp3) is 0.273. The van der Waals surface area contributed by atoms with E-state index in [1.54, 1.807) is 20.9 Å². The minimum absolute atomic E-state index is 0.120. The monoisotopic (exact) mass is 471 g/mol. The van der Waals surface area contributed by atoms with Gasteiger partial charge in [0.25, 0.3) is 5.91 Å². The van der Waals surface area contributed by atoms with E-state index in [4.69, 9.17) is 0 Å². The molecule has 0 saturated carbocycles. The Morgan fingerprint density at radius 2 is 2.06 bits per heavy atom. The van der Waals surface area contributed by atoms with Gasteiger partial charge in [-0.25, -0.2) is 8.78 Å². The van der Waals surface area contributed by atoms with Crippen LogP contribution < -0.4 is 0 Å². The number of aromatic nitrogens is 4. The van der Waals surface area contributed by atoms with Crippen LogP contribution in [0.1, 0.15) is 45.7 Å². The zero-order valence-corrected chi connectivity index (χ0v) is 19.2. The fourth-order valence-electron chi connectivity index (χ4n) is 4.19. The Kier molecular flexibility index (Phi) is 4.94. The zero-order chi connectivity index (χ0) is 22.6. The van der Waals surface area contributed by atoms with Crippen LogP contribution in [0.2, 0.25) is 0 Å². The molecular formula is C22H19F2N5OS2. The van der Waals surface area contributed by atoms with Gasteiger partial charge in [-0.1, -0.05) is 11.3 Å². The van der Waals surface area contributed by atoms with E-state index in [0.29, 0.717) is 6.54 Å². The number of thiophene rings is 1. The summed E-state index contributed by atoms with van der Waals surface area (Å²) in [5, 5.41) is 14.8. The maximum Gasteiger partial charge on any atom is 0.285 e. The lowest BCUT2D eigenvalue weighted by atomic mass is 9.76. The lowest BCUT2D eigenvalue weighted by Crippen LogP contribution is -2.48. The third-order valence-corrected chi connectivity index (χ3v) is 8.11. The highest BCUT2D eigenvalue weighted by molar-refractivity contribution is 7.16. The molecule has 164 valence electrons. The molecule has 0 spiro atoms. The van der Waals surface area contributed by atoms with Crippen molar-refractivity contribution in [1.82, 2.24) is 24.9 Å². The predicted octanol–water partition coefficient (Wildman–Crippen LogP) is 4.80. The summed E-state index contributed by atoms with van der Waals surface area (Å²) in [7, 11) is 1.87. The molecule has 0 unspecified atom stereocenters. The zero-order valence-electron chi connectivity index (χ0n) is 17.5. The maximum absolute atomic E-state index is 14.2. The van der Waals surface area contributed by atoms with E-state index in [-0.39, 0.29) is 27.5 Å². The lowest BCUT2D eigenvalue weighted by molar-refractivity contribution is 0.0629. The molecule has 0 N–H and O–H groups in total. The maximum atomic E-state index is 14.2. The van der Waals surface area contributed by atoms with Crippen molar-refractivity contribution in [3.63, 3.8) is 0 Å². The van der Waals surface area contributed by atoms with Crippen LogP contribution in [-0.2, 0) is 12.5 Å². The Morgan fingerprint density at radius 3 is 2.78 bits per heavy atom. The van der Waals surface area contributed by atoms with Gasteiger partial charge in [0.15, 0.2) is 5.01 Å². The second kappa shape index (κ2) is 7.56. The van der Waals surface area contributed by atoms with Gasteiger partial charge in [-0.3, -0.25) is 9.48 Å². The van der Waals surface area contributed by atoms with Crippen LogP contribution in [0.3, 0.4) is 0 Å². The highest BCUT2D eigenvalue weighted by Gasteiger charge is 2.44. The first kappa shape index (κ1) is 20.9. The quantitative estimate of drug-likeness (QED) is 0.431. The van der Waals surface area contributed by atoms with Crippen LogP contribution in [0.5, 0.6) is 0 Å². The van der Waals surface area contributed by atoms with Gasteiger partial charge < -0.3 is 4.90 Å². The molecule has 0 saturated heterocycles. The number of carbonyl (C=O) groups is 1. The van der Waals surface area contributed by atoms with Crippen molar-refractivity contribution in [1.29, 1.82) is 0 Å². The summed E-state index contributed by atoms with van der Waals surface area (Å²) < 4.78 is 29.2. The molecule has 6 nitrogen and oxygen atoms in total. The third-order valence-electron chi connectivity index (χ3n) is 5.97. The van der Waals surface area contributed by atoms with Gasteiger partial charge in [-0.15, -0.1) is 21.5 Å². The van der Waals surface area contributed by atoms with Crippen molar-refractivity contribution < 1.29 is 13.6 Å². The van der Waals surface area contributed by atoms with Crippen LogP contribution in [-0.4, -0.2) is 37.3 Å². The molecule has 3 aromatic heterocycles. The lowest BCUT2D eigenvalue weighted by Gasteiger charge is -2.43. The molecule has 1 amide bonds. The number of carbonyl (C=O) groups excluding carboxylic acids is 1. The number of hydrogen-bond donors (Lipinski definition) is 0. The van der Waals surface area contributed by atoms with E-state index >= 15 is 0 Å².